The zero-order valence-electron chi connectivity index (χ0n) is 11.8. The van der Waals surface area contributed by atoms with Crippen molar-refractivity contribution in [3.05, 3.63) is 35.9 Å². The van der Waals surface area contributed by atoms with Crippen molar-refractivity contribution >= 4 is 21.7 Å². The third-order valence-corrected chi connectivity index (χ3v) is 4.22. The van der Waals surface area contributed by atoms with Crippen LogP contribution in [0, 0.1) is 0 Å². The normalized spacial score (nSPS) is 19.5. The highest BCUT2D eigenvalue weighted by Gasteiger charge is 2.32. The van der Waals surface area contributed by atoms with Gasteiger partial charge in [0.1, 0.15) is 15.9 Å². The zero-order chi connectivity index (χ0) is 15.5. The van der Waals surface area contributed by atoms with Crippen LogP contribution >= 0.6 is 0 Å². The fourth-order valence-corrected chi connectivity index (χ4v) is 2.78. The van der Waals surface area contributed by atoms with E-state index in [1.807, 2.05) is 30.3 Å². The summed E-state index contributed by atoms with van der Waals surface area (Å²) in [5, 5.41) is 2.66. The van der Waals surface area contributed by atoms with Gasteiger partial charge >= 0.3 is 0 Å². The highest BCUT2D eigenvalue weighted by atomic mass is 32.2. The lowest BCUT2D eigenvalue weighted by Gasteiger charge is -2.32. The molecule has 1 N–H and O–H groups in total. The molecule has 1 aliphatic rings. The fourth-order valence-electron chi connectivity index (χ4n) is 2.23. The van der Waals surface area contributed by atoms with E-state index in [0.717, 1.165) is 11.8 Å². The van der Waals surface area contributed by atoms with Crippen molar-refractivity contribution in [3.63, 3.8) is 0 Å². The monoisotopic (exact) mass is 310 g/mol. The van der Waals surface area contributed by atoms with Crippen LogP contribution in [0.3, 0.4) is 0 Å². The molecule has 1 saturated heterocycles. The van der Waals surface area contributed by atoms with Gasteiger partial charge in [-0.1, -0.05) is 30.3 Å². The Labute approximate surface area is 124 Å². The zero-order valence-corrected chi connectivity index (χ0v) is 12.6. The Hall–Kier alpha value is -1.89. The van der Waals surface area contributed by atoms with Crippen LogP contribution in [0.15, 0.2) is 30.3 Å². The first kappa shape index (κ1) is 15.5. The second kappa shape index (κ2) is 6.26. The maximum atomic E-state index is 12.3. The van der Waals surface area contributed by atoms with Crippen LogP contribution < -0.4 is 5.32 Å². The number of nitrogens with one attached hydrogen (secondary N) is 1. The summed E-state index contributed by atoms with van der Waals surface area (Å²) in [6.45, 7) is -0.0317. The third kappa shape index (κ3) is 4.56. The van der Waals surface area contributed by atoms with Crippen LogP contribution in [0.1, 0.15) is 5.56 Å². The molecule has 0 aliphatic carbocycles. The molecule has 0 bridgehead atoms. The molecule has 1 aliphatic heterocycles. The van der Waals surface area contributed by atoms with E-state index < -0.39 is 15.9 Å². The van der Waals surface area contributed by atoms with Crippen LogP contribution in [0.4, 0.5) is 0 Å². The largest absolute Gasteiger partial charge is 0.342 e. The van der Waals surface area contributed by atoms with Gasteiger partial charge < -0.3 is 10.2 Å². The van der Waals surface area contributed by atoms with E-state index in [9.17, 15) is 18.0 Å². The second-order valence-electron chi connectivity index (χ2n) is 5.20. The summed E-state index contributed by atoms with van der Waals surface area (Å²) in [6.07, 6.45) is 1.52. The molecule has 0 radical (unpaired) electrons. The lowest BCUT2D eigenvalue weighted by molar-refractivity contribution is -0.143. The van der Waals surface area contributed by atoms with Crippen LogP contribution in [0.5, 0.6) is 0 Å². The summed E-state index contributed by atoms with van der Waals surface area (Å²) in [5.74, 6) is -0.629. The molecule has 1 atom stereocenters. The van der Waals surface area contributed by atoms with Gasteiger partial charge in [-0.25, -0.2) is 8.42 Å². The number of carbonyl (C=O) groups excluding carboxylic acids is 2. The number of nitrogens with zero attached hydrogens (tertiary/aromatic N) is 1. The standard InChI is InChI=1S/C14H18N2O4S/c1-21(19,20)8-7-16-10-13(17)15-12(14(16)18)9-11-5-3-2-4-6-11/h2-6,12H,7-10H2,1H3,(H,15,17). The van der Waals surface area contributed by atoms with Gasteiger partial charge in [0.25, 0.3) is 0 Å². The fraction of sp³-hybridized carbons (Fsp3) is 0.429. The van der Waals surface area contributed by atoms with Crippen molar-refractivity contribution in [2.45, 2.75) is 12.5 Å². The molecule has 2 rings (SSSR count). The number of rotatable bonds is 5. The summed E-state index contributed by atoms with van der Waals surface area (Å²) < 4.78 is 22.4. The van der Waals surface area contributed by atoms with E-state index in [-0.39, 0.29) is 30.7 Å². The predicted molar refractivity (Wildman–Crippen MR) is 78.4 cm³/mol. The summed E-state index contributed by atoms with van der Waals surface area (Å²) in [4.78, 5) is 25.3. The van der Waals surface area contributed by atoms with Crippen molar-refractivity contribution in [1.29, 1.82) is 0 Å². The van der Waals surface area contributed by atoms with Gasteiger partial charge in [0.15, 0.2) is 0 Å². The average molecular weight is 310 g/mol. The smallest absolute Gasteiger partial charge is 0.245 e. The third-order valence-electron chi connectivity index (χ3n) is 3.29. The molecule has 2 amide bonds. The van der Waals surface area contributed by atoms with E-state index in [1.165, 1.54) is 4.90 Å². The Morgan fingerprint density at radius 1 is 1.24 bits per heavy atom. The van der Waals surface area contributed by atoms with Crippen molar-refractivity contribution in [1.82, 2.24) is 10.2 Å². The molecule has 21 heavy (non-hydrogen) atoms. The molecule has 7 heteroatoms. The highest BCUT2D eigenvalue weighted by molar-refractivity contribution is 7.90. The number of hydrogen-bond donors (Lipinski definition) is 1. The van der Waals surface area contributed by atoms with Crippen LogP contribution in [-0.2, 0) is 25.8 Å². The maximum Gasteiger partial charge on any atom is 0.245 e. The molecule has 1 unspecified atom stereocenters. The number of sulfone groups is 1. The number of amides is 2. The Morgan fingerprint density at radius 2 is 1.90 bits per heavy atom. The first-order chi connectivity index (χ1) is 9.85. The average Bonchev–Trinajstić information content (AvgIpc) is 2.41. The Bertz CT molecular complexity index is 628. The van der Waals surface area contributed by atoms with Gasteiger partial charge in [0.2, 0.25) is 11.8 Å². The van der Waals surface area contributed by atoms with Gasteiger partial charge in [-0.3, -0.25) is 9.59 Å². The van der Waals surface area contributed by atoms with E-state index in [4.69, 9.17) is 0 Å². The van der Waals surface area contributed by atoms with E-state index >= 15 is 0 Å². The number of piperazine rings is 1. The first-order valence-corrected chi connectivity index (χ1v) is 8.71. The minimum atomic E-state index is -3.17. The summed E-state index contributed by atoms with van der Waals surface area (Å²) in [7, 11) is -3.17. The molecular weight excluding hydrogens is 292 g/mol. The summed E-state index contributed by atoms with van der Waals surface area (Å²) in [6, 6.07) is 8.75. The van der Waals surface area contributed by atoms with Crippen molar-refractivity contribution in [2.24, 2.45) is 0 Å². The van der Waals surface area contributed by atoms with E-state index in [2.05, 4.69) is 5.32 Å². The molecule has 0 aromatic heterocycles. The van der Waals surface area contributed by atoms with E-state index in [0.29, 0.717) is 6.42 Å². The van der Waals surface area contributed by atoms with Crippen LogP contribution in [-0.4, -0.2) is 56.3 Å². The van der Waals surface area contributed by atoms with Gasteiger partial charge in [0.05, 0.1) is 12.3 Å². The highest BCUT2D eigenvalue weighted by Crippen LogP contribution is 2.09. The van der Waals surface area contributed by atoms with Gasteiger partial charge in [-0.2, -0.15) is 0 Å². The molecule has 1 aromatic carbocycles. The minimum absolute atomic E-state index is 0.0520. The van der Waals surface area contributed by atoms with Crippen LogP contribution in [0.2, 0.25) is 0 Å². The molecule has 1 aromatic rings. The van der Waals surface area contributed by atoms with Crippen molar-refractivity contribution < 1.29 is 18.0 Å². The topological polar surface area (TPSA) is 83.6 Å². The van der Waals surface area contributed by atoms with E-state index in [1.54, 1.807) is 0 Å². The maximum absolute atomic E-state index is 12.3. The molecule has 0 spiro atoms. The summed E-state index contributed by atoms with van der Waals surface area (Å²) >= 11 is 0. The summed E-state index contributed by atoms with van der Waals surface area (Å²) in [5.41, 5.74) is 0.945. The number of benzene rings is 1. The Kier molecular flexibility index (Phi) is 4.62. The molecule has 114 valence electrons. The Balaban J connectivity index is 2.05. The number of carbonyl (C=O) groups is 2. The molecule has 1 fully saturated rings. The molecule has 1 heterocycles. The molecule has 0 saturated carbocycles. The Morgan fingerprint density at radius 3 is 2.52 bits per heavy atom. The predicted octanol–water partition coefficient (Wildman–Crippen LogP) is -0.399. The quantitative estimate of drug-likeness (QED) is 0.802. The van der Waals surface area contributed by atoms with Crippen LogP contribution in [0.25, 0.3) is 0 Å². The lowest BCUT2D eigenvalue weighted by Crippen LogP contribution is -2.59. The molecule has 6 nitrogen and oxygen atoms in total. The lowest BCUT2D eigenvalue weighted by atomic mass is 10.0. The SMILES string of the molecule is CS(=O)(=O)CCN1CC(=O)NC(Cc2ccccc2)C1=O. The molecular formula is C14H18N2O4S. The van der Waals surface area contributed by atoms with Gasteiger partial charge in [-0.15, -0.1) is 0 Å². The van der Waals surface area contributed by atoms with Gasteiger partial charge in [-0.05, 0) is 5.56 Å². The number of hydrogen-bond acceptors (Lipinski definition) is 4. The van der Waals surface area contributed by atoms with Crippen molar-refractivity contribution in [3.8, 4) is 0 Å². The van der Waals surface area contributed by atoms with Crippen molar-refractivity contribution in [2.75, 3.05) is 25.1 Å². The minimum Gasteiger partial charge on any atom is -0.342 e. The second-order valence-corrected chi connectivity index (χ2v) is 7.46. The van der Waals surface area contributed by atoms with Gasteiger partial charge in [0, 0.05) is 19.2 Å². The first-order valence-electron chi connectivity index (χ1n) is 6.65.